The second-order valence-corrected chi connectivity index (χ2v) is 10.8. The number of cyclic esters (lactones) is 1. The van der Waals surface area contributed by atoms with Crippen LogP contribution in [0.3, 0.4) is 0 Å². The Labute approximate surface area is 194 Å². The molecule has 2 unspecified atom stereocenters. The van der Waals surface area contributed by atoms with Crippen LogP contribution in [-0.2, 0) is 28.9 Å². The highest BCUT2D eigenvalue weighted by Gasteiger charge is 2.48. The van der Waals surface area contributed by atoms with Crippen LogP contribution < -0.4 is 10.4 Å². The molecule has 2 heterocycles. The highest BCUT2D eigenvalue weighted by molar-refractivity contribution is 7.92. The second kappa shape index (κ2) is 10.5. The number of rotatable bonds is 7. The van der Waals surface area contributed by atoms with Gasteiger partial charge in [-0.05, 0) is 44.0 Å². The Balaban J connectivity index is 1.68. The predicted molar refractivity (Wildman–Crippen MR) is 122 cm³/mol. The van der Waals surface area contributed by atoms with Crippen LogP contribution >= 0.6 is 0 Å². The van der Waals surface area contributed by atoms with Crippen molar-refractivity contribution in [2.75, 3.05) is 24.3 Å². The first-order valence-electron chi connectivity index (χ1n) is 11.0. The molecule has 0 aromatic heterocycles. The van der Waals surface area contributed by atoms with Crippen LogP contribution in [0.15, 0.2) is 24.3 Å². The number of nitrogens with one attached hydrogen (secondary N) is 1. The van der Waals surface area contributed by atoms with Crippen molar-refractivity contribution in [2.45, 2.75) is 63.1 Å². The molecular formula is C23H30N2O7S. The first kappa shape index (κ1) is 25.0. The number of benzene rings is 1. The monoisotopic (exact) mass is 478 g/mol. The minimum atomic E-state index is -3.88. The Morgan fingerprint density at radius 1 is 1.30 bits per heavy atom. The van der Waals surface area contributed by atoms with Crippen LogP contribution in [0, 0.1) is 11.8 Å². The van der Waals surface area contributed by atoms with Gasteiger partial charge in [-0.15, -0.1) is 0 Å². The summed E-state index contributed by atoms with van der Waals surface area (Å²) in [6.07, 6.45) is 1.90. The Morgan fingerprint density at radius 2 is 2.03 bits per heavy atom. The first-order chi connectivity index (χ1) is 15.6. The summed E-state index contributed by atoms with van der Waals surface area (Å²) in [6, 6.07) is 7.11. The molecule has 2 fully saturated rings. The zero-order chi connectivity index (χ0) is 24.1. The lowest BCUT2D eigenvalue weighted by Gasteiger charge is -2.29. The zero-order valence-corrected chi connectivity index (χ0v) is 19.9. The average molecular weight is 479 g/mol. The maximum atomic E-state index is 12.9. The fourth-order valence-electron chi connectivity index (χ4n) is 3.63. The van der Waals surface area contributed by atoms with Gasteiger partial charge in [0, 0.05) is 43.4 Å². The molecule has 3 rings (SSSR count). The predicted octanol–water partition coefficient (Wildman–Crippen LogP) is 2.54. The molecule has 0 saturated carbocycles. The van der Waals surface area contributed by atoms with Crippen LogP contribution in [0.25, 0.3) is 0 Å². The highest BCUT2D eigenvalue weighted by atomic mass is 32.2. The largest absolute Gasteiger partial charge is 0.444 e. The van der Waals surface area contributed by atoms with E-state index in [0.717, 1.165) is 31.1 Å². The number of carbonyl (C=O) groups excluding carboxylic acids is 2. The van der Waals surface area contributed by atoms with E-state index in [4.69, 9.17) is 14.3 Å². The number of sulfone groups is 1. The molecule has 0 bridgehead atoms. The molecule has 0 radical (unpaired) electrons. The summed E-state index contributed by atoms with van der Waals surface area (Å²) in [5.74, 6) is 5.17. The maximum Gasteiger partial charge on any atom is 0.414 e. The van der Waals surface area contributed by atoms with Crippen LogP contribution in [0.5, 0.6) is 0 Å². The Morgan fingerprint density at radius 3 is 2.64 bits per heavy atom. The van der Waals surface area contributed by atoms with Gasteiger partial charge in [0.15, 0.2) is 20.9 Å². The van der Waals surface area contributed by atoms with Gasteiger partial charge in [0.05, 0.1) is 6.54 Å². The van der Waals surface area contributed by atoms with E-state index in [1.54, 1.807) is 24.3 Å². The van der Waals surface area contributed by atoms with Crippen LogP contribution in [-0.4, -0.2) is 57.0 Å². The summed E-state index contributed by atoms with van der Waals surface area (Å²) in [4.78, 5) is 32.0. The van der Waals surface area contributed by atoms with Crippen molar-refractivity contribution in [1.29, 1.82) is 0 Å². The van der Waals surface area contributed by atoms with E-state index >= 15 is 0 Å². The minimum Gasteiger partial charge on any atom is -0.444 e. The molecule has 2 aliphatic heterocycles. The number of carbonyl (C=O) groups is 2. The number of amides is 2. The molecule has 2 saturated heterocycles. The van der Waals surface area contributed by atoms with Crippen molar-refractivity contribution in [3.05, 3.63) is 29.8 Å². The number of ether oxygens (including phenoxy) is 2. The van der Waals surface area contributed by atoms with Crippen molar-refractivity contribution in [3.63, 3.8) is 0 Å². The summed E-state index contributed by atoms with van der Waals surface area (Å²) in [6.45, 7) is 3.90. The van der Waals surface area contributed by atoms with E-state index in [0.29, 0.717) is 18.7 Å². The van der Waals surface area contributed by atoms with Gasteiger partial charge in [0.1, 0.15) is 6.10 Å². The smallest absolute Gasteiger partial charge is 0.414 e. The van der Waals surface area contributed by atoms with E-state index in [1.165, 1.54) is 11.8 Å². The van der Waals surface area contributed by atoms with Crippen molar-refractivity contribution >= 4 is 27.5 Å². The summed E-state index contributed by atoms with van der Waals surface area (Å²) in [5, 5.41) is 0. The molecular weight excluding hydrogens is 448 g/mol. The fraction of sp³-hybridized carbons (Fsp3) is 0.565. The van der Waals surface area contributed by atoms with Crippen LogP contribution in [0.1, 0.15) is 51.5 Å². The topological polar surface area (TPSA) is 111 Å². The van der Waals surface area contributed by atoms with Gasteiger partial charge in [-0.3, -0.25) is 9.69 Å². The van der Waals surface area contributed by atoms with Crippen molar-refractivity contribution in [1.82, 2.24) is 5.48 Å². The van der Waals surface area contributed by atoms with Crippen molar-refractivity contribution in [3.8, 4) is 11.8 Å². The summed E-state index contributed by atoms with van der Waals surface area (Å²) in [7, 11) is -3.88. The van der Waals surface area contributed by atoms with Gasteiger partial charge in [0.25, 0.3) is 5.91 Å². The van der Waals surface area contributed by atoms with E-state index in [1.807, 2.05) is 6.92 Å². The highest BCUT2D eigenvalue weighted by Crippen LogP contribution is 2.30. The lowest BCUT2D eigenvalue weighted by Crippen LogP contribution is -2.53. The van der Waals surface area contributed by atoms with E-state index in [-0.39, 0.29) is 13.0 Å². The molecule has 2 amide bonds. The first-order valence-corrected chi connectivity index (χ1v) is 12.9. The average Bonchev–Trinajstić information content (AvgIpc) is 3.15. The number of anilines is 1. The quantitative estimate of drug-likeness (QED) is 0.474. The summed E-state index contributed by atoms with van der Waals surface area (Å²) < 4.78 is 34.1. The standard InChI is InChI=1S/C23H30N2O7S/c1-4-5-8-17-10-12-18(13-11-17)25-16-19(31-22(25)27)15-23(2,33(3,28)29)21(26)24-32-20-9-6-7-14-30-20/h10-13,19-20H,4,6-7,9,14-16H2,1-3H3,(H,24,26)/t19?,20?,23-/m1/s1. The molecule has 9 nitrogen and oxygen atoms in total. The number of hydrogen-bond acceptors (Lipinski definition) is 7. The fourth-order valence-corrected chi connectivity index (χ4v) is 4.50. The third kappa shape index (κ3) is 6.05. The maximum absolute atomic E-state index is 12.9. The second-order valence-electron chi connectivity index (χ2n) is 8.37. The van der Waals surface area contributed by atoms with Crippen LogP contribution in [0.2, 0.25) is 0 Å². The molecule has 10 heteroatoms. The molecule has 1 aromatic carbocycles. The Bertz CT molecular complexity index is 1020. The van der Waals surface area contributed by atoms with Gasteiger partial charge >= 0.3 is 6.09 Å². The molecule has 3 atom stereocenters. The number of nitrogens with zero attached hydrogens (tertiary/aromatic N) is 1. The molecule has 1 aromatic rings. The van der Waals surface area contributed by atoms with Gasteiger partial charge in [-0.25, -0.2) is 23.5 Å². The molecule has 180 valence electrons. The van der Waals surface area contributed by atoms with Gasteiger partial charge in [-0.2, -0.15) is 0 Å². The van der Waals surface area contributed by atoms with Gasteiger partial charge in [0.2, 0.25) is 0 Å². The van der Waals surface area contributed by atoms with Crippen molar-refractivity contribution < 1.29 is 32.3 Å². The lowest BCUT2D eigenvalue weighted by molar-refractivity contribution is -0.201. The number of hydrogen-bond donors (Lipinski definition) is 1. The molecule has 2 aliphatic rings. The molecule has 0 aliphatic carbocycles. The Hall–Kier alpha value is -2.61. The number of hydroxylamine groups is 1. The van der Waals surface area contributed by atoms with Gasteiger partial charge < -0.3 is 9.47 Å². The van der Waals surface area contributed by atoms with Gasteiger partial charge in [-0.1, -0.05) is 18.8 Å². The third-order valence-corrected chi connectivity index (χ3v) is 7.79. The third-order valence-electron chi connectivity index (χ3n) is 5.80. The normalized spacial score (nSPS) is 22.6. The molecule has 1 N–H and O–H groups in total. The summed E-state index contributed by atoms with van der Waals surface area (Å²) >= 11 is 0. The van der Waals surface area contributed by atoms with Crippen LogP contribution in [0.4, 0.5) is 10.5 Å². The molecule has 0 spiro atoms. The lowest BCUT2D eigenvalue weighted by atomic mass is 10.0. The van der Waals surface area contributed by atoms with E-state index < -0.39 is 39.0 Å². The van der Waals surface area contributed by atoms with E-state index in [2.05, 4.69) is 17.3 Å². The SMILES string of the molecule is CCC#Cc1ccc(N2CC(C[C@](C)(C(=O)NOC3CCCCO3)S(C)(=O)=O)OC2=O)cc1. The molecule has 33 heavy (non-hydrogen) atoms. The minimum absolute atomic E-state index is 0.115. The van der Waals surface area contributed by atoms with E-state index in [9.17, 15) is 18.0 Å². The Kier molecular flexibility index (Phi) is 8.00. The zero-order valence-electron chi connectivity index (χ0n) is 19.1. The summed E-state index contributed by atoms with van der Waals surface area (Å²) in [5.41, 5.74) is 3.67. The van der Waals surface area contributed by atoms with Crippen molar-refractivity contribution in [2.24, 2.45) is 0 Å².